The molecule has 25 heavy (non-hydrogen) atoms. The summed E-state index contributed by atoms with van der Waals surface area (Å²) in [7, 11) is 0. The van der Waals surface area contributed by atoms with Gasteiger partial charge in [-0.1, -0.05) is 0 Å². The molecule has 8 heteroatoms. The predicted molar refractivity (Wildman–Crippen MR) is 92.6 cm³/mol. The number of piperazine rings is 1. The van der Waals surface area contributed by atoms with Crippen LogP contribution in [0.2, 0.25) is 0 Å². The fraction of sp³-hybridized carbons (Fsp3) is 0.235. The van der Waals surface area contributed by atoms with Crippen LogP contribution in [0.4, 0.5) is 11.4 Å². The molecule has 3 aromatic rings. The molecule has 1 aliphatic heterocycles. The summed E-state index contributed by atoms with van der Waals surface area (Å²) >= 11 is 0. The molecule has 8 nitrogen and oxygen atoms in total. The van der Waals surface area contributed by atoms with Crippen LogP contribution in [0.1, 0.15) is 10.6 Å². The number of amides is 1. The van der Waals surface area contributed by atoms with Gasteiger partial charge < -0.3 is 20.0 Å². The number of nitrogens with zero attached hydrogens (tertiary/aromatic N) is 5. The van der Waals surface area contributed by atoms with Gasteiger partial charge in [-0.3, -0.25) is 9.36 Å². The summed E-state index contributed by atoms with van der Waals surface area (Å²) in [5.41, 5.74) is 8.82. The van der Waals surface area contributed by atoms with Crippen molar-refractivity contribution < 1.29 is 9.21 Å². The molecule has 4 rings (SSSR count). The Morgan fingerprint density at radius 1 is 1.08 bits per heavy atom. The van der Waals surface area contributed by atoms with Crippen molar-refractivity contribution in [3.63, 3.8) is 0 Å². The number of nitrogen functional groups attached to an aromatic ring is 1. The van der Waals surface area contributed by atoms with E-state index in [-0.39, 0.29) is 5.91 Å². The van der Waals surface area contributed by atoms with Crippen molar-refractivity contribution in [2.45, 2.75) is 0 Å². The Labute approximate surface area is 144 Å². The van der Waals surface area contributed by atoms with E-state index in [1.807, 2.05) is 18.2 Å². The van der Waals surface area contributed by atoms with E-state index in [0.717, 1.165) is 24.5 Å². The number of benzene rings is 1. The maximum atomic E-state index is 12.3. The zero-order chi connectivity index (χ0) is 17.2. The third-order valence-corrected chi connectivity index (χ3v) is 4.37. The molecular formula is C17H18N6O2. The first-order valence-corrected chi connectivity index (χ1v) is 8.04. The van der Waals surface area contributed by atoms with Crippen LogP contribution in [0.3, 0.4) is 0 Å². The molecule has 0 spiro atoms. The van der Waals surface area contributed by atoms with Crippen LogP contribution in [-0.4, -0.2) is 51.8 Å². The highest BCUT2D eigenvalue weighted by molar-refractivity contribution is 5.91. The second-order valence-corrected chi connectivity index (χ2v) is 5.87. The van der Waals surface area contributed by atoms with Crippen LogP contribution in [0.25, 0.3) is 5.69 Å². The molecule has 128 valence electrons. The Morgan fingerprint density at radius 2 is 1.84 bits per heavy atom. The Balaban J connectivity index is 1.45. The minimum absolute atomic E-state index is 0.0689. The van der Waals surface area contributed by atoms with E-state index >= 15 is 0 Å². The maximum Gasteiger partial charge on any atom is 0.289 e. The van der Waals surface area contributed by atoms with Gasteiger partial charge in [0.2, 0.25) is 0 Å². The number of hydrogen-bond acceptors (Lipinski definition) is 6. The molecule has 2 N–H and O–H groups in total. The standard InChI is InChI=1S/C17H18N6O2/c18-14-10-13(23-11-19-20-12-23)3-4-15(14)21-5-7-22(8-6-21)17(24)16-2-1-9-25-16/h1-4,9-12H,5-8,18H2. The third kappa shape index (κ3) is 2.93. The molecule has 1 aliphatic rings. The van der Waals surface area contributed by atoms with E-state index in [9.17, 15) is 4.79 Å². The zero-order valence-electron chi connectivity index (χ0n) is 13.6. The number of rotatable bonds is 3. The van der Waals surface area contributed by atoms with Gasteiger partial charge in [0.25, 0.3) is 5.91 Å². The second kappa shape index (κ2) is 6.31. The van der Waals surface area contributed by atoms with Crippen LogP contribution in [0.15, 0.2) is 53.7 Å². The summed E-state index contributed by atoms with van der Waals surface area (Å²) in [6, 6.07) is 9.29. The molecule has 1 fully saturated rings. The SMILES string of the molecule is Nc1cc(-n2cnnc2)ccc1N1CCN(C(=O)c2ccco2)CC1. The Kier molecular flexibility index (Phi) is 3.85. The Bertz CT molecular complexity index is 851. The van der Waals surface area contributed by atoms with E-state index in [1.54, 1.807) is 34.3 Å². The molecule has 1 amide bonds. The van der Waals surface area contributed by atoms with Crippen LogP contribution in [-0.2, 0) is 0 Å². The monoisotopic (exact) mass is 338 g/mol. The molecule has 2 aromatic heterocycles. The van der Waals surface area contributed by atoms with Gasteiger partial charge in [-0.15, -0.1) is 10.2 Å². The minimum Gasteiger partial charge on any atom is -0.459 e. The van der Waals surface area contributed by atoms with Crippen molar-refractivity contribution >= 4 is 17.3 Å². The van der Waals surface area contributed by atoms with Crippen molar-refractivity contribution in [1.29, 1.82) is 0 Å². The average molecular weight is 338 g/mol. The Hall–Kier alpha value is -3.29. The van der Waals surface area contributed by atoms with Crippen molar-refractivity contribution in [1.82, 2.24) is 19.7 Å². The smallest absolute Gasteiger partial charge is 0.289 e. The summed E-state index contributed by atoms with van der Waals surface area (Å²) in [5.74, 6) is 0.312. The first kappa shape index (κ1) is 15.3. The molecule has 0 aliphatic carbocycles. The lowest BCUT2D eigenvalue weighted by molar-refractivity contribution is 0.0715. The van der Waals surface area contributed by atoms with Gasteiger partial charge in [0.05, 0.1) is 23.3 Å². The molecule has 0 atom stereocenters. The highest BCUT2D eigenvalue weighted by Gasteiger charge is 2.24. The number of carbonyl (C=O) groups excluding carboxylic acids is 1. The molecule has 1 aromatic carbocycles. The summed E-state index contributed by atoms with van der Waals surface area (Å²) in [4.78, 5) is 16.3. The number of furan rings is 1. The lowest BCUT2D eigenvalue weighted by atomic mass is 10.2. The average Bonchev–Trinajstić information content (AvgIpc) is 3.35. The van der Waals surface area contributed by atoms with E-state index in [0.29, 0.717) is 24.5 Å². The number of nitrogens with two attached hydrogens (primary N) is 1. The van der Waals surface area contributed by atoms with Gasteiger partial charge in [-0.05, 0) is 30.3 Å². The molecule has 1 saturated heterocycles. The highest BCUT2D eigenvalue weighted by Crippen LogP contribution is 2.27. The lowest BCUT2D eigenvalue weighted by Gasteiger charge is -2.36. The maximum absolute atomic E-state index is 12.3. The van der Waals surface area contributed by atoms with Gasteiger partial charge in [-0.25, -0.2) is 0 Å². The quantitative estimate of drug-likeness (QED) is 0.726. The van der Waals surface area contributed by atoms with Crippen molar-refractivity contribution in [2.75, 3.05) is 36.8 Å². The molecule has 0 saturated carbocycles. The molecule has 0 unspecified atom stereocenters. The fourth-order valence-electron chi connectivity index (χ4n) is 3.03. The molecule has 0 radical (unpaired) electrons. The van der Waals surface area contributed by atoms with Crippen LogP contribution >= 0.6 is 0 Å². The van der Waals surface area contributed by atoms with Crippen LogP contribution < -0.4 is 10.6 Å². The van der Waals surface area contributed by atoms with Gasteiger partial charge in [0.15, 0.2) is 5.76 Å². The number of anilines is 2. The zero-order valence-corrected chi connectivity index (χ0v) is 13.6. The molecule has 0 bridgehead atoms. The van der Waals surface area contributed by atoms with Gasteiger partial charge >= 0.3 is 0 Å². The second-order valence-electron chi connectivity index (χ2n) is 5.87. The normalized spacial score (nSPS) is 14.7. The van der Waals surface area contributed by atoms with Crippen LogP contribution in [0, 0.1) is 0 Å². The summed E-state index contributed by atoms with van der Waals surface area (Å²) in [5, 5.41) is 7.61. The first-order chi connectivity index (χ1) is 12.2. The largest absolute Gasteiger partial charge is 0.459 e. The molecular weight excluding hydrogens is 320 g/mol. The third-order valence-electron chi connectivity index (χ3n) is 4.37. The predicted octanol–water partition coefficient (Wildman–Crippen LogP) is 1.40. The first-order valence-electron chi connectivity index (χ1n) is 8.04. The van der Waals surface area contributed by atoms with E-state index in [1.165, 1.54) is 6.26 Å². The van der Waals surface area contributed by atoms with Crippen molar-refractivity contribution in [3.8, 4) is 5.69 Å². The van der Waals surface area contributed by atoms with Gasteiger partial charge in [0, 0.05) is 26.2 Å². The topological polar surface area (TPSA) is 93.4 Å². The summed E-state index contributed by atoms with van der Waals surface area (Å²) in [6.07, 6.45) is 4.78. The van der Waals surface area contributed by atoms with Gasteiger partial charge in [-0.2, -0.15) is 0 Å². The summed E-state index contributed by atoms with van der Waals surface area (Å²) < 4.78 is 7.00. The summed E-state index contributed by atoms with van der Waals surface area (Å²) in [6.45, 7) is 2.71. The van der Waals surface area contributed by atoms with Crippen LogP contribution in [0.5, 0.6) is 0 Å². The fourth-order valence-corrected chi connectivity index (χ4v) is 3.03. The Morgan fingerprint density at radius 3 is 2.48 bits per heavy atom. The highest BCUT2D eigenvalue weighted by atomic mass is 16.3. The number of aromatic nitrogens is 3. The molecule has 3 heterocycles. The lowest BCUT2D eigenvalue weighted by Crippen LogP contribution is -2.48. The minimum atomic E-state index is -0.0689. The van der Waals surface area contributed by atoms with Crippen molar-refractivity contribution in [3.05, 3.63) is 55.0 Å². The van der Waals surface area contributed by atoms with E-state index in [4.69, 9.17) is 10.2 Å². The van der Waals surface area contributed by atoms with E-state index in [2.05, 4.69) is 15.1 Å². The number of hydrogen-bond donors (Lipinski definition) is 1. The van der Waals surface area contributed by atoms with Crippen molar-refractivity contribution in [2.24, 2.45) is 0 Å². The van der Waals surface area contributed by atoms with E-state index < -0.39 is 0 Å². The number of carbonyl (C=O) groups is 1. The van der Waals surface area contributed by atoms with Gasteiger partial charge in [0.1, 0.15) is 12.7 Å².